The van der Waals surface area contributed by atoms with Gasteiger partial charge in [0.2, 0.25) is 0 Å². The molecule has 1 heteroatoms. The molecule has 2 aromatic rings. The van der Waals surface area contributed by atoms with Crippen molar-refractivity contribution in [1.82, 2.24) is 0 Å². The summed E-state index contributed by atoms with van der Waals surface area (Å²) in [6.45, 7) is 3.61. The first-order valence-corrected chi connectivity index (χ1v) is 5.38. The Morgan fingerprint density at radius 3 is 2.93 bits per heavy atom. The van der Waals surface area contributed by atoms with Crippen LogP contribution in [0.1, 0.15) is 12.5 Å². The van der Waals surface area contributed by atoms with E-state index >= 15 is 0 Å². The molecule has 0 aliphatic rings. The Kier molecular flexibility index (Phi) is 3.36. The zero-order valence-corrected chi connectivity index (χ0v) is 8.99. The maximum Gasteiger partial charge on any atom is 0.0506 e. The van der Waals surface area contributed by atoms with E-state index in [2.05, 4.69) is 30.3 Å². The van der Waals surface area contributed by atoms with Gasteiger partial charge in [-0.2, -0.15) is 0 Å². The normalized spacial score (nSPS) is 10.7. The molecule has 1 nitrogen and oxygen atoms in total. The fraction of sp³-hybridized carbons (Fsp3) is 0.286. The van der Waals surface area contributed by atoms with Gasteiger partial charge in [-0.05, 0) is 35.7 Å². The first kappa shape index (κ1) is 10.2. The number of rotatable bonds is 4. The summed E-state index contributed by atoms with van der Waals surface area (Å²) in [5.74, 6) is 0. The number of hydrogen-bond acceptors (Lipinski definition) is 1. The van der Waals surface area contributed by atoms with Gasteiger partial charge in [-0.15, -0.1) is 0 Å². The highest BCUT2D eigenvalue weighted by Crippen LogP contribution is 2.18. The van der Waals surface area contributed by atoms with Gasteiger partial charge >= 0.3 is 0 Å². The minimum atomic E-state index is 0.789. The van der Waals surface area contributed by atoms with Crippen molar-refractivity contribution in [2.75, 3.05) is 13.2 Å². The molecule has 0 unspecified atom stereocenters. The Bertz CT molecular complexity index is 429. The van der Waals surface area contributed by atoms with E-state index < -0.39 is 0 Å². The third-order valence-electron chi connectivity index (χ3n) is 2.52. The molecule has 0 atom stereocenters. The quantitative estimate of drug-likeness (QED) is 0.687. The van der Waals surface area contributed by atoms with E-state index in [1.165, 1.54) is 16.3 Å². The minimum Gasteiger partial charge on any atom is -0.381 e. The van der Waals surface area contributed by atoms with Crippen LogP contribution in [0.5, 0.6) is 0 Å². The van der Waals surface area contributed by atoms with Gasteiger partial charge in [0, 0.05) is 6.61 Å². The number of fused-ring (bicyclic) bond motifs is 1. The lowest BCUT2D eigenvalue weighted by molar-refractivity contribution is 0.151. The molecule has 0 heterocycles. The first-order chi connectivity index (χ1) is 7.42. The van der Waals surface area contributed by atoms with Crippen molar-refractivity contribution >= 4 is 10.8 Å². The molecule has 2 rings (SSSR count). The van der Waals surface area contributed by atoms with Gasteiger partial charge in [-0.3, -0.25) is 0 Å². The van der Waals surface area contributed by atoms with Crippen molar-refractivity contribution in [1.29, 1.82) is 0 Å². The predicted molar refractivity (Wildman–Crippen MR) is 63.0 cm³/mol. The molecule has 0 fully saturated rings. The SMILES string of the molecule is CCOCCc1cc[c]c2ccccc12. The van der Waals surface area contributed by atoms with Crippen molar-refractivity contribution in [3.8, 4) is 0 Å². The van der Waals surface area contributed by atoms with Gasteiger partial charge in [-0.1, -0.05) is 36.4 Å². The van der Waals surface area contributed by atoms with Crippen LogP contribution >= 0.6 is 0 Å². The van der Waals surface area contributed by atoms with E-state index in [0.29, 0.717) is 0 Å². The second-order valence-electron chi connectivity index (χ2n) is 3.50. The van der Waals surface area contributed by atoms with Gasteiger partial charge in [0.25, 0.3) is 0 Å². The van der Waals surface area contributed by atoms with Gasteiger partial charge in [-0.25, -0.2) is 0 Å². The molecule has 0 aliphatic heterocycles. The van der Waals surface area contributed by atoms with E-state index in [9.17, 15) is 0 Å². The van der Waals surface area contributed by atoms with Crippen LogP contribution in [-0.4, -0.2) is 13.2 Å². The van der Waals surface area contributed by atoms with E-state index in [-0.39, 0.29) is 0 Å². The van der Waals surface area contributed by atoms with Crippen molar-refractivity contribution in [3.63, 3.8) is 0 Å². The van der Waals surface area contributed by atoms with Gasteiger partial charge in [0.05, 0.1) is 6.61 Å². The molecule has 77 valence electrons. The van der Waals surface area contributed by atoms with Gasteiger partial charge in [0.1, 0.15) is 0 Å². The number of ether oxygens (including phenoxy) is 1. The van der Waals surface area contributed by atoms with E-state index in [1.54, 1.807) is 0 Å². The maximum atomic E-state index is 5.38. The minimum absolute atomic E-state index is 0.789. The van der Waals surface area contributed by atoms with Crippen LogP contribution in [0.25, 0.3) is 10.8 Å². The zero-order chi connectivity index (χ0) is 10.5. The standard InChI is InChI=1S/C14H15O/c1-2-15-11-10-13-8-5-7-12-6-3-4-9-14(12)13/h3-6,8-9H,2,10-11H2,1H3. The van der Waals surface area contributed by atoms with Crippen molar-refractivity contribution in [2.45, 2.75) is 13.3 Å². The predicted octanol–water partition coefficient (Wildman–Crippen LogP) is 3.22. The molecule has 0 aliphatic carbocycles. The lowest BCUT2D eigenvalue weighted by Crippen LogP contribution is -1.98. The Morgan fingerprint density at radius 1 is 1.20 bits per heavy atom. The Labute approximate surface area is 90.7 Å². The lowest BCUT2D eigenvalue weighted by Gasteiger charge is -2.05. The third-order valence-corrected chi connectivity index (χ3v) is 2.52. The average molecular weight is 199 g/mol. The number of hydrogen-bond donors (Lipinski definition) is 0. The second-order valence-corrected chi connectivity index (χ2v) is 3.50. The lowest BCUT2D eigenvalue weighted by atomic mass is 10.0. The molecule has 15 heavy (non-hydrogen) atoms. The van der Waals surface area contributed by atoms with E-state index in [4.69, 9.17) is 4.74 Å². The molecule has 0 saturated heterocycles. The first-order valence-electron chi connectivity index (χ1n) is 5.38. The summed E-state index contributed by atoms with van der Waals surface area (Å²) in [6.07, 6.45) is 0.975. The summed E-state index contributed by atoms with van der Waals surface area (Å²) < 4.78 is 5.38. The summed E-state index contributed by atoms with van der Waals surface area (Å²) in [6, 6.07) is 15.7. The zero-order valence-electron chi connectivity index (χ0n) is 8.99. The Hall–Kier alpha value is -1.34. The molecule has 0 aromatic heterocycles. The fourth-order valence-electron chi connectivity index (χ4n) is 1.76. The molecule has 0 amide bonds. The highest BCUT2D eigenvalue weighted by molar-refractivity contribution is 5.85. The van der Waals surface area contributed by atoms with Gasteiger partial charge in [0.15, 0.2) is 0 Å². The molecular formula is C14H15O. The van der Waals surface area contributed by atoms with Crippen molar-refractivity contribution in [2.24, 2.45) is 0 Å². The molecule has 0 N–H and O–H groups in total. The van der Waals surface area contributed by atoms with Crippen molar-refractivity contribution in [3.05, 3.63) is 48.0 Å². The summed E-state index contributed by atoms with van der Waals surface area (Å²) >= 11 is 0. The third kappa shape index (κ3) is 2.37. The Morgan fingerprint density at radius 2 is 2.07 bits per heavy atom. The Balaban J connectivity index is 2.26. The van der Waals surface area contributed by atoms with Crippen molar-refractivity contribution < 1.29 is 4.74 Å². The van der Waals surface area contributed by atoms with Crippen LogP contribution in [0.3, 0.4) is 0 Å². The van der Waals surface area contributed by atoms with Crippen LogP contribution in [0, 0.1) is 6.07 Å². The van der Waals surface area contributed by atoms with Crippen LogP contribution in [0.15, 0.2) is 36.4 Å². The van der Waals surface area contributed by atoms with Crippen LogP contribution in [0.2, 0.25) is 0 Å². The largest absolute Gasteiger partial charge is 0.381 e. The molecule has 2 aromatic carbocycles. The number of benzene rings is 2. The molecule has 0 saturated carbocycles. The van der Waals surface area contributed by atoms with Gasteiger partial charge < -0.3 is 4.74 Å². The summed E-state index contributed by atoms with van der Waals surface area (Å²) in [7, 11) is 0. The highest BCUT2D eigenvalue weighted by Gasteiger charge is 1.99. The van der Waals surface area contributed by atoms with Crippen LogP contribution < -0.4 is 0 Å². The topological polar surface area (TPSA) is 9.23 Å². The molecule has 0 bridgehead atoms. The monoisotopic (exact) mass is 199 g/mol. The smallest absolute Gasteiger partial charge is 0.0506 e. The molecule has 1 radical (unpaired) electrons. The van der Waals surface area contributed by atoms with Crippen LogP contribution in [-0.2, 0) is 11.2 Å². The molecule has 0 spiro atoms. The summed E-state index contributed by atoms with van der Waals surface area (Å²) in [5.41, 5.74) is 1.35. The molecular weight excluding hydrogens is 184 g/mol. The second kappa shape index (κ2) is 4.94. The fourth-order valence-corrected chi connectivity index (χ4v) is 1.76. The summed E-state index contributed by atoms with van der Waals surface area (Å²) in [5, 5.41) is 2.48. The van der Waals surface area contributed by atoms with Crippen LogP contribution in [0.4, 0.5) is 0 Å². The maximum absolute atomic E-state index is 5.38. The summed E-state index contributed by atoms with van der Waals surface area (Å²) in [4.78, 5) is 0. The van der Waals surface area contributed by atoms with E-state index in [1.807, 2.05) is 19.1 Å². The highest BCUT2D eigenvalue weighted by atomic mass is 16.5. The average Bonchev–Trinajstić information content (AvgIpc) is 2.30. The van der Waals surface area contributed by atoms with E-state index in [0.717, 1.165) is 19.6 Å².